The predicted molar refractivity (Wildman–Crippen MR) is 99.1 cm³/mol. The summed E-state index contributed by atoms with van der Waals surface area (Å²) in [7, 11) is 0. The van der Waals surface area contributed by atoms with E-state index in [0.29, 0.717) is 0 Å². The Morgan fingerprint density at radius 3 is 2.50 bits per heavy atom. The Labute approximate surface area is 148 Å². The summed E-state index contributed by atoms with van der Waals surface area (Å²) in [6, 6.07) is 10.4. The highest BCUT2D eigenvalue weighted by Gasteiger charge is 2.21. The molecule has 130 valence electrons. The lowest BCUT2D eigenvalue weighted by molar-refractivity contribution is 0.284. The first-order chi connectivity index (χ1) is 11.9. The second-order valence-corrected chi connectivity index (χ2v) is 7.20. The van der Waals surface area contributed by atoms with Crippen LogP contribution in [0.4, 0.5) is 5.95 Å². The first kappa shape index (κ1) is 17.3. The minimum atomic E-state index is 0.282. The molecule has 0 unspecified atom stereocenters. The number of piperidine rings is 1. The van der Waals surface area contributed by atoms with E-state index < -0.39 is 0 Å². The van der Waals surface area contributed by atoms with Crippen molar-refractivity contribution in [3.05, 3.63) is 30.3 Å². The van der Waals surface area contributed by atoms with Gasteiger partial charge in [-0.15, -0.1) is 10.2 Å². The Morgan fingerprint density at radius 1 is 0.958 bits per heavy atom. The molecular weight excluding hydrogens is 320 g/mol. The quantitative estimate of drug-likeness (QED) is 0.585. The standard InChI is InChI=1S/C18H26N4OS/c23-14-8-3-9-15-24-18-20-19-17(21-12-6-2-7-13-21)22(18)16-10-4-1-5-11-16/h1,4-5,10-11,23H,2-3,6-9,12-15H2. The van der Waals surface area contributed by atoms with Gasteiger partial charge in [-0.25, -0.2) is 0 Å². The van der Waals surface area contributed by atoms with Crippen molar-refractivity contribution in [3.63, 3.8) is 0 Å². The van der Waals surface area contributed by atoms with E-state index in [1.165, 1.54) is 19.3 Å². The summed E-state index contributed by atoms with van der Waals surface area (Å²) in [5.41, 5.74) is 1.13. The lowest BCUT2D eigenvalue weighted by Crippen LogP contribution is -2.31. The number of anilines is 1. The third-order valence-corrected chi connectivity index (χ3v) is 5.32. The normalized spacial score (nSPS) is 15.0. The van der Waals surface area contributed by atoms with Crippen LogP contribution in [-0.2, 0) is 0 Å². The van der Waals surface area contributed by atoms with Gasteiger partial charge in [0.05, 0.1) is 5.69 Å². The number of rotatable bonds is 8. The highest BCUT2D eigenvalue weighted by atomic mass is 32.2. The van der Waals surface area contributed by atoms with Crippen molar-refractivity contribution in [2.24, 2.45) is 0 Å². The van der Waals surface area contributed by atoms with Crippen LogP contribution < -0.4 is 4.90 Å². The molecule has 0 atom stereocenters. The summed E-state index contributed by atoms with van der Waals surface area (Å²) in [5, 5.41) is 18.8. The van der Waals surface area contributed by atoms with Crippen molar-refractivity contribution in [1.29, 1.82) is 0 Å². The van der Waals surface area contributed by atoms with Gasteiger partial charge in [-0.2, -0.15) is 0 Å². The molecule has 0 spiro atoms. The molecule has 6 heteroatoms. The van der Waals surface area contributed by atoms with Crippen molar-refractivity contribution < 1.29 is 5.11 Å². The number of aromatic nitrogens is 3. The van der Waals surface area contributed by atoms with Crippen LogP contribution in [0.15, 0.2) is 35.5 Å². The van der Waals surface area contributed by atoms with E-state index in [1.54, 1.807) is 11.8 Å². The maximum atomic E-state index is 8.88. The highest BCUT2D eigenvalue weighted by Crippen LogP contribution is 2.28. The van der Waals surface area contributed by atoms with Crippen molar-refractivity contribution in [2.75, 3.05) is 30.3 Å². The Hall–Kier alpha value is -1.53. The number of nitrogens with zero attached hydrogens (tertiary/aromatic N) is 4. The summed E-state index contributed by atoms with van der Waals surface area (Å²) >= 11 is 1.76. The number of unbranched alkanes of at least 4 members (excludes halogenated alkanes) is 2. The molecule has 5 nitrogen and oxygen atoms in total. The molecule has 0 radical (unpaired) electrons. The van der Waals surface area contributed by atoms with Gasteiger partial charge >= 0.3 is 0 Å². The molecule has 1 aromatic carbocycles. The molecule has 0 bridgehead atoms. The van der Waals surface area contributed by atoms with Crippen LogP contribution in [-0.4, -0.2) is 45.3 Å². The van der Waals surface area contributed by atoms with Gasteiger partial charge in [0.2, 0.25) is 5.95 Å². The van der Waals surface area contributed by atoms with E-state index in [9.17, 15) is 0 Å². The molecule has 2 aromatic rings. The second-order valence-electron chi connectivity index (χ2n) is 6.13. The molecule has 0 amide bonds. The molecule has 0 saturated carbocycles. The number of thioether (sulfide) groups is 1. The molecule has 1 fully saturated rings. The van der Waals surface area contributed by atoms with Gasteiger partial charge in [0, 0.05) is 25.4 Å². The van der Waals surface area contributed by atoms with Gasteiger partial charge < -0.3 is 10.0 Å². The van der Waals surface area contributed by atoms with Crippen LogP contribution in [0.5, 0.6) is 0 Å². The number of benzene rings is 1. The van der Waals surface area contributed by atoms with Crippen LogP contribution in [0.25, 0.3) is 5.69 Å². The van der Waals surface area contributed by atoms with E-state index in [2.05, 4.69) is 43.9 Å². The maximum absolute atomic E-state index is 8.88. The monoisotopic (exact) mass is 346 g/mol. The summed E-state index contributed by atoms with van der Waals surface area (Å²) in [5.74, 6) is 1.98. The molecule has 1 saturated heterocycles. The zero-order valence-electron chi connectivity index (χ0n) is 14.1. The van der Waals surface area contributed by atoms with Gasteiger partial charge in [0.15, 0.2) is 5.16 Å². The number of para-hydroxylation sites is 1. The molecule has 3 rings (SSSR count). The molecule has 1 aliphatic rings. The topological polar surface area (TPSA) is 54.2 Å². The minimum absolute atomic E-state index is 0.282. The highest BCUT2D eigenvalue weighted by molar-refractivity contribution is 7.99. The van der Waals surface area contributed by atoms with E-state index in [4.69, 9.17) is 5.11 Å². The fourth-order valence-electron chi connectivity index (χ4n) is 3.01. The van der Waals surface area contributed by atoms with E-state index in [-0.39, 0.29) is 6.61 Å². The Bertz CT molecular complexity index is 611. The van der Waals surface area contributed by atoms with Gasteiger partial charge in [-0.3, -0.25) is 4.57 Å². The zero-order chi connectivity index (χ0) is 16.6. The van der Waals surface area contributed by atoms with Gasteiger partial charge in [-0.1, -0.05) is 36.4 Å². The zero-order valence-corrected chi connectivity index (χ0v) is 14.9. The van der Waals surface area contributed by atoms with Gasteiger partial charge in [0.1, 0.15) is 0 Å². The van der Waals surface area contributed by atoms with Crippen molar-refractivity contribution in [1.82, 2.24) is 14.8 Å². The van der Waals surface area contributed by atoms with Crippen molar-refractivity contribution >= 4 is 17.7 Å². The summed E-state index contributed by atoms with van der Waals surface area (Å²) in [4.78, 5) is 2.36. The molecule has 1 N–H and O–H groups in total. The lowest BCUT2D eigenvalue weighted by Gasteiger charge is -2.27. The van der Waals surface area contributed by atoms with E-state index in [0.717, 1.165) is 54.9 Å². The van der Waals surface area contributed by atoms with Crippen LogP contribution >= 0.6 is 11.8 Å². The summed E-state index contributed by atoms with van der Waals surface area (Å²) in [6.45, 7) is 2.40. The third-order valence-electron chi connectivity index (χ3n) is 4.30. The van der Waals surface area contributed by atoms with Crippen LogP contribution in [0.2, 0.25) is 0 Å². The van der Waals surface area contributed by atoms with Crippen molar-refractivity contribution in [2.45, 2.75) is 43.7 Å². The molecule has 2 heterocycles. The lowest BCUT2D eigenvalue weighted by atomic mass is 10.1. The minimum Gasteiger partial charge on any atom is -0.396 e. The van der Waals surface area contributed by atoms with E-state index in [1.807, 2.05) is 6.07 Å². The van der Waals surface area contributed by atoms with Crippen LogP contribution in [0.1, 0.15) is 38.5 Å². The fourth-order valence-corrected chi connectivity index (χ4v) is 3.96. The summed E-state index contributed by atoms with van der Waals surface area (Å²) < 4.78 is 2.20. The van der Waals surface area contributed by atoms with Gasteiger partial charge in [-0.05, 0) is 44.2 Å². The average Bonchev–Trinajstić information content (AvgIpc) is 3.07. The van der Waals surface area contributed by atoms with E-state index >= 15 is 0 Å². The first-order valence-corrected chi connectivity index (χ1v) is 9.88. The Morgan fingerprint density at radius 2 is 1.75 bits per heavy atom. The predicted octanol–water partition coefficient (Wildman–Crippen LogP) is 3.51. The van der Waals surface area contributed by atoms with Crippen LogP contribution in [0, 0.1) is 0 Å². The Balaban J connectivity index is 1.79. The smallest absolute Gasteiger partial charge is 0.232 e. The second kappa shape index (κ2) is 9.08. The number of hydrogen-bond acceptors (Lipinski definition) is 5. The first-order valence-electron chi connectivity index (χ1n) is 8.89. The fraction of sp³-hybridized carbons (Fsp3) is 0.556. The number of aliphatic hydroxyl groups is 1. The summed E-state index contributed by atoms with van der Waals surface area (Å²) in [6.07, 6.45) is 6.79. The SMILES string of the molecule is OCCCCCSc1nnc(N2CCCCC2)n1-c1ccccc1. The largest absolute Gasteiger partial charge is 0.396 e. The molecule has 24 heavy (non-hydrogen) atoms. The average molecular weight is 346 g/mol. The van der Waals surface area contributed by atoms with Crippen molar-refractivity contribution in [3.8, 4) is 5.69 Å². The van der Waals surface area contributed by atoms with Gasteiger partial charge in [0.25, 0.3) is 0 Å². The molecule has 1 aromatic heterocycles. The molecular formula is C18H26N4OS. The third kappa shape index (κ3) is 4.30. The number of hydrogen-bond donors (Lipinski definition) is 1. The molecule has 0 aliphatic carbocycles. The molecule has 1 aliphatic heterocycles. The maximum Gasteiger partial charge on any atom is 0.232 e. The van der Waals surface area contributed by atoms with Crippen LogP contribution in [0.3, 0.4) is 0 Å². The Kier molecular flexibility index (Phi) is 6.55. The number of aliphatic hydroxyl groups excluding tert-OH is 1.